The average Bonchev–Trinajstić information content (AvgIpc) is 3.14. The van der Waals surface area contributed by atoms with Gasteiger partial charge in [0, 0.05) is 45.0 Å². The molecule has 2 heterocycles. The van der Waals surface area contributed by atoms with Crippen LogP contribution in [0, 0.1) is 13.8 Å². The maximum absolute atomic E-state index is 11.9. The number of nitrogens with zero attached hydrogens (tertiary/aromatic N) is 4. The number of carbonyl (C=O) groups is 1. The standard InChI is InChI=1S/C17H28N4O2/c1-12-15(18-13(2)19(12)3)16(17(22)23)21-10-8-20(9-11-21)14-6-4-5-7-14/h14,16H,4-11H2,1-3H3,(H,22,23). The van der Waals surface area contributed by atoms with Crippen molar-refractivity contribution >= 4 is 5.97 Å². The van der Waals surface area contributed by atoms with Crippen molar-refractivity contribution < 1.29 is 9.90 Å². The Morgan fingerprint density at radius 3 is 2.26 bits per heavy atom. The van der Waals surface area contributed by atoms with E-state index in [9.17, 15) is 9.90 Å². The van der Waals surface area contributed by atoms with Crippen molar-refractivity contribution in [3.05, 3.63) is 17.2 Å². The molecule has 6 heteroatoms. The second kappa shape index (κ2) is 6.61. The summed E-state index contributed by atoms with van der Waals surface area (Å²) in [5.74, 6) is 0.0776. The number of aliphatic carboxylic acids is 1. The SMILES string of the molecule is Cc1nc(C(C(=O)O)N2CCN(C3CCCC3)CC2)c(C)n1C. The van der Waals surface area contributed by atoms with Crippen LogP contribution in [-0.4, -0.2) is 62.6 Å². The first-order valence-electron chi connectivity index (χ1n) is 8.69. The lowest BCUT2D eigenvalue weighted by Gasteiger charge is -2.40. The summed E-state index contributed by atoms with van der Waals surface area (Å²) in [6, 6.07) is 0.0971. The molecule has 128 valence electrons. The monoisotopic (exact) mass is 320 g/mol. The van der Waals surface area contributed by atoms with Crippen LogP contribution in [0.4, 0.5) is 0 Å². The number of rotatable bonds is 4. The molecule has 1 unspecified atom stereocenters. The smallest absolute Gasteiger partial charge is 0.327 e. The Balaban J connectivity index is 1.73. The van der Waals surface area contributed by atoms with Gasteiger partial charge in [0.2, 0.25) is 0 Å². The largest absolute Gasteiger partial charge is 0.480 e. The minimum Gasteiger partial charge on any atom is -0.480 e. The number of carboxylic acid groups (broad SMARTS) is 1. The van der Waals surface area contributed by atoms with Crippen LogP contribution >= 0.6 is 0 Å². The molecule has 1 aliphatic heterocycles. The van der Waals surface area contributed by atoms with E-state index in [4.69, 9.17) is 0 Å². The molecule has 6 nitrogen and oxygen atoms in total. The van der Waals surface area contributed by atoms with Crippen molar-refractivity contribution in [3.63, 3.8) is 0 Å². The summed E-state index contributed by atoms with van der Waals surface area (Å²) in [5, 5.41) is 9.78. The topological polar surface area (TPSA) is 61.6 Å². The molecule has 1 atom stereocenters. The fraction of sp³-hybridized carbons (Fsp3) is 0.765. The molecule has 1 saturated heterocycles. The Morgan fingerprint density at radius 1 is 1.17 bits per heavy atom. The zero-order valence-electron chi connectivity index (χ0n) is 14.5. The van der Waals surface area contributed by atoms with Gasteiger partial charge >= 0.3 is 5.97 Å². The first-order chi connectivity index (χ1) is 11.0. The number of hydrogen-bond donors (Lipinski definition) is 1. The highest BCUT2D eigenvalue weighted by molar-refractivity contribution is 5.75. The lowest BCUT2D eigenvalue weighted by atomic mass is 10.1. The second-order valence-electron chi connectivity index (χ2n) is 6.94. The highest BCUT2D eigenvalue weighted by Crippen LogP contribution is 2.28. The van der Waals surface area contributed by atoms with E-state index in [-0.39, 0.29) is 0 Å². The molecule has 1 N–H and O–H groups in total. The first-order valence-corrected chi connectivity index (χ1v) is 8.69. The third-order valence-electron chi connectivity index (χ3n) is 5.69. The van der Waals surface area contributed by atoms with Gasteiger partial charge in [-0.15, -0.1) is 0 Å². The third-order valence-corrected chi connectivity index (χ3v) is 5.69. The van der Waals surface area contributed by atoms with E-state index in [1.54, 1.807) is 0 Å². The van der Waals surface area contributed by atoms with Crippen molar-refractivity contribution in [2.75, 3.05) is 26.2 Å². The predicted octanol–water partition coefficient (Wildman–Crippen LogP) is 1.72. The molecule has 2 aliphatic rings. The molecule has 2 fully saturated rings. The van der Waals surface area contributed by atoms with Crippen LogP contribution in [0.15, 0.2) is 0 Å². The third kappa shape index (κ3) is 3.15. The van der Waals surface area contributed by atoms with Crippen LogP contribution in [0.5, 0.6) is 0 Å². The molecular formula is C17H28N4O2. The molecule has 0 amide bonds. The second-order valence-corrected chi connectivity index (χ2v) is 6.94. The number of aromatic nitrogens is 2. The molecule has 0 aromatic carbocycles. The van der Waals surface area contributed by atoms with Gasteiger partial charge in [0.05, 0.1) is 5.69 Å². The first kappa shape index (κ1) is 16.5. The molecule has 1 aliphatic carbocycles. The summed E-state index contributed by atoms with van der Waals surface area (Å²) in [5.41, 5.74) is 1.65. The molecule has 1 aromatic heterocycles. The van der Waals surface area contributed by atoms with Crippen molar-refractivity contribution in [2.24, 2.45) is 7.05 Å². The van der Waals surface area contributed by atoms with Crippen molar-refractivity contribution in [1.29, 1.82) is 0 Å². The molecule has 0 radical (unpaired) electrons. The van der Waals surface area contributed by atoms with Crippen LogP contribution in [0.25, 0.3) is 0 Å². The fourth-order valence-corrected chi connectivity index (χ4v) is 4.08. The summed E-state index contributed by atoms with van der Waals surface area (Å²) in [7, 11) is 1.94. The van der Waals surface area contributed by atoms with Crippen LogP contribution in [-0.2, 0) is 11.8 Å². The van der Waals surface area contributed by atoms with E-state index < -0.39 is 12.0 Å². The minimum absolute atomic E-state index is 0.624. The van der Waals surface area contributed by atoms with Crippen molar-refractivity contribution in [2.45, 2.75) is 51.6 Å². The van der Waals surface area contributed by atoms with E-state index in [1.807, 2.05) is 25.5 Å². The molecule has 1 saturated carbocycles. The van der Waals surface area contributed by atoms with E-state index in [0.29, 0.717) is 5.69 Å². The average molecular weight is 320 g/mol. The van der Waals surface area contributed by atoms with Crippen molar-refractivity contribution in [1.82, 2.24) is 19.4 Å². The summed E-state index contributed by atoms with van der Waals surface area (Å²) in [6.07, 6.45) is 5.30. The van der Waals surface area contributed by atoms with Gasteiger partial charge < -0.3 is 9.67 Å². The van der Waals surface area contributed by atoms with Gasteiger partial charge in [-0.3, -0.25) is 14.6 Å². The van der Waals surface area contributed by atoms with Crippen LogP contribution < -0.4 is 0 Å². The summed E-state index contributed by atoms with van der Waals surface area (Å²) in [6.45, 7) is 7.44. The molecule has 23 heavy (non-hydrogen) atoms. The number of hydrogen-bond acceptors (Lipinski definition) is 4. The van der Waals surface area contributed by atoms with Gasteiger partial charge in [-0.2, -0.15) is 0 Å². The number of piperazine rings is 1. The van der Waals surface area contributed by atoms with Gasteiger partial charge in [-0.25, -0.2) is 4.98 Å². The Morgan fingerprint density at radius 2 is 1.78 bits per heavy atom. The fourth-order valence-electron chi connectivity index (χ4n) is 4.08. The Hall–Kier alpha value is -1.40. The molecule has 3 rings (SSSR count). The summed E-state index contributed by atoms with van der Waals surface area (Å²) < 4.78 is 1.97. The molecule has 0 bridgehead atoms. The normalized spacial score (nSPS) is 22.6. The zero-order valence-corrected chi connectivity index (χ0v) is 14.5. The minimum atomic E-state index is -0.791. The highest BCUT2D eigenvalue weighted by atomic mass is 16.4. The maximum atomic E-state index is 11.9. The number of imidazole rings is 1. The Labute approximate surface area is 138 Å². The van der Waals surface area contributed by atoms with E-state index >= 15 is 0 Å². The molecule has 0 spiro atoms. The van der Waals surface area contributed by atoms with Gasteiger partial charge in [0.15, 0.2) is 6.04 Å². The van der Waals surface area contributed by atoms with Crippen LogP contribution in [0.3, 0.4) is 0 Å². The number of aryl methyl sites for hydroxylation is 1. The van der Waals surface area contributed by atoms with Gasteiger partial charge in [0.25, 0.3) is 0 Å². The lowest BCUT2D eigenvalue weighted by molar-refractivity contribution is -0.144. The van der Waals surface area contributed by atoms with Crippen LogP contribution in [0.2, 0.25) is 0 Å². The van der Waals surface area contributed by atoms with Crippen LogP contribution in [0.1, 0.15) is 48.9 Å². The summed E-state index contributed by atoms with van der Waals surface area (Å²) >= 11 is 0. The summed E-state index contributed by atoms with van der Waals surface area (Å²) in [4.78, 5) is 21.1. The van der Waals surface area contributed by atoms with Gasteiger partial charge in [-0.05, 0) is 26.7 Å². The Bertz CT molecular complexity index is 569. The lowest BCUT2D eigenvalue weighted by Crippen LogP contribution is -2.51. The van der Waals surface area contributed by atoms with E-state index in [0.717, 1.165) is 43.7 Å². The van der Waals surface area contributed by atoms with Crippen molar-refractivity contribution in [3.8, 4) is 0 Å². The highest BCUT2D eigenvalue weighted by Gasteiger charge is 2.35. The van der Waals surface area contributed by atoms with E-state index in [2.05, 4.69) is 14.8 Å². The quantitative estimate of drug-likeness (QED) is 0.915. The van der Waals surface area contributed by atoms with Gasteiger partial charge in [0.1, 0.15) is 5.82 Å². The maximum Gasteiger partial charge on any atom is 0.327 e. The Kier molecular flexibility index (Phi) is 4.73. The molecular weight excluding hydrogens is 292 g/mol. The van der Waals surface area contributed by atoms with E-state index in [1.165, 1.54) is 25.7 Å². The van der Waals surface area contributed by atoms with Gasteiger partial charge in [-0.1, -0.05) is 12.8 Å². The predicted molar refractivity (Wildman–Crippen MR) is 88.5 cm³/mol. The number of carboxylic acids is 1. The zero-order chi connectivity index (χ0) is 16.6. The molecule has 1 aromatic rings.